The number of hydrogen-bond donors (Lipinski definition) is 3. The Balaban J connectivity index is 2.04. The Labute approximate surface area is 197 Å². The van der Waals surface area contributed by atoms with Gasteiger partial charge < -0.3 is 19.4 Å². The lowest BCUT2D eigenvalue weighted by molar-refractivity contribution is 0.0697. The third-order valence-corrected chi connectivity index (χ3v) is 6.58. The number of aromatic nitrogens is 2. The van der Waals surface area contributed by atoms with Crippen LogP contribution in [0.15, 0.2) is 53.6 Å². The molecule has 35 heavy (non-hydrogen) atoms. The van der Waals surface area contributed by atoms with Gasteiger partial charge >= 0.3 is 5.97 Å². The summed E-state index contributed by atoms with van der Waals surface area (Å²) >= 11 is 0. The molecule has 0 fully saturated rings. The molecule has 12 heteroatoms. The lowest BCUT2D eigenvalue weighted by atomic mass is 9.99. The first kappa shape index (κ1) is 24.0. The maximum atomic E-state index is 14.4. The summed E-state index contributed by atoms with van der Waals surface area (Å²) in [5.74, 6) is -4.20. The monoisotopic (exact) mass is 503 g/mol. The van der Waals surface area contributed by atoms with Gasteiger partial charge in [-0.3, -0.25) is 9.52 Å². The molecule has 0 saturated carbocycles. The smallest absolute Gasteiger partial charge is 0.337 e. The number of carboxylic acid groups (broad SMARTS) is 1. The first-order chi connectivity index (χ1) is 16.5. The van der Waals surface area contributed by atoms with Crippen LogP contribution in [0.25, 0.3) is 22.0 Å². The standard InChI is InChI=1S/C23H19F2N3O6S/c1-3-35(32,33)27-18-9-14(16-11-28(2)22(29)21-13(16)6-7-26-21)20(10-15(18)23(30)31)34-19-5-4-12(24)8-17(19)25/h4-11,26-27H,3H2,1-2H3,(H,30,31). The van der Waals surface area contributed by atoms with Crippen LogP contribution in [0.3, 0.4) is 0 Å². The van der Waals surface area contributed by atoms with E-state index < -0.39 is 33.2 Å². The molecule has 0 unspecified atom stereocenters. The molecule has 0 aliphatic heterocycles. The fourth-order valence-corrected chi connectivity index (χ4v) is 4.18. The predicted molar refractivity (Wildman–Crippen MR) is 125 cm³/mol. The molecule has 0 radical (unpaired) electrons. The van der Waals surface area contributed by atoms with Gasteiger partial charge in [0.1, 0.15) is 17.1 Å². The van der Waals surface area contributed by atoms with E-state index in [1.165, 1.54) is 37.0 Å². The number of nitrogens with one attached hydrogen (secondary N) is 2. The van der Waals surface area contributed by atoms with Gasteiger partial charge in [0.2, 0.25) is 10.0 Å². The van der Waals surface area contributed by atoms with Crippen LogP contribution in [0.1, 0.15) is 17.3 Å². The number of halogens is 2. The van der Waals surface area contributed by atoms with Crippen molar-refractivity contribution in [1.82, 2.24) is 9.55 Å². The third kappa shape index (κ3) is 4.60. The van der Waals surface area contributed by atoms with Crippen molar-refractivity contribution in [2.75, 3.05) is 10.5 Å². The number of nitrogens with zero attached hydrogens (tertiary/aromatic N) is 1. The number of pyridine rings is 1. The van der Waals surface area contributed by atoms with E-state index in [0.717, 1.165) is 18.2 Å². The molecular weight excluding hydrogens is 484 g/mol. The van der Waals surface area contributed by atoms with Crippen LogP contribution >= 0.6 is 0 Å². The van der Waals surface area contributed by atoms with Gasteiger partial charge in [-0.15, -0.1) is 0 Å². The Bertz CT molecular complexity index is 1640. The van der Waals surface area contributed by atoms with Gasteiger partial charge in [0, 0.05) is 42.0 Å². The molecule has 0 saturated heterocycles. The van der Waals surface area contributed by atoms with Crippen molar-refractivity contribution < 1.29 is 31.8 Å². The van der Waals surface area contributed by atoms with Crippen LogP contribution in [0.4, 0.5) is 14.5 Å². The summed E-state index contributed by atoms with van der Waals surface area (Å²) in [7, 11) is -2.38. The Kier molecular flexibility index (Phi) is 6.07. The Morgan fingerprint density at radius 1 is 1.14 bits per heavy atom. The number of ether oxygens (including phenoxy) is 1. The van der Waals surface area contributed by atoms with Gasteiger partial charge in [-0.2, -0.15) is 0 Å². The Hall–Kier alpha value is -4.19. The minimum absolute atomic E-state index is 0.159. The maximum Gasteiger partial charge on any atom is 0.337 e. The number of carboxylic acids is 1. The second-order valence-electron chi connectivity index (χ2n) is 7.61. The van der Waals surface area contributed by atoms with E-state index in [2.05, 4.69) is 9.71 Å². The Morgan fingerprint density at radius 2 is 1.89 bits per heavy atom. The molecule has 0 spiro atoms. The van der Waals surface area contributed by atoms with Crippen LogP contribution < -0.4 is 15.0 Å². The second-order valence-corrected chi connectivity index (χ2v) is 9.62. The lowest BCUT2D eigenvalue weighted by Crippen LogP contribution is -2.18. The molecule has 2 aromatic carbocycles. The SMILES string of the molecule is CCS(=O)(=O)Nc1cc(-c2cn(C)c(=O)c3[nH]ccc23)c(Oc2ccc(F)cc2F)cc1C(=O)O. The molecule has 182 valence electrons. The van der Waals surface area contributed by atoms with Gasteiger partial charge in [0.15, 0.2) is 11.6 Å². The van der Waals surface area contributed by atoms with Gasteiger partial charge in [-0.25, -0.2) is 22.0 Å². The number of rotatable bonds is 7. The second kappa shape index (κ2) is 8.87. The summed E-state index contributed by atoms with van der Waals surface area (Å²) in [6.07, 6.45) is 2.99. The number of benzene rings is 2. The van der Waals surface area contributed by atoms with E-state index >= 15 is 0 Å². The first-order valence-corrected chi connectivity index (χ1v) is 11.9. The molecule has 0 bridgehead atoms. The van der Waals surface area contributed by atoms with E-state index in [4.69, 9.17) is 4.74 Å². The number of carbonyl (C=O) groups is 1. The van der Waals surface area contributed by atoms with E-state index in [0.29, 0.717) is 17.0 Å². The number of aromatic carboxylic acids is 1. The minimum atomic E-state index is -3.87. The van der Waals surface area contributed by atoms with Crippen molar-refractivity contribution >= 4 is 32.6 Å². The third-order valence-electron chi connectivity index (χ3n) is 5.29. The summed E-state index contributed by atoms with van der Waals surface area (Å²) in [5, 5.41) is 10.2. The summed E-state index contributed by atoms with van der Waals surface area (Å²) in [6, 6.07) is 6.49. The van der Waals surface area contributed by atoms with Gasteiger partial charge in [0.05, 0.1) is 17.0 Å². The number of aromatic amines is 1. The van der Waals surface area contributed by atoms with Crippen molar-refractivity contribution in [3.8, 4) is 22.6 Å². The molecule has 4 rings (SSSR count). The summed E-state index contributed by atoms with van der Waals surface area (Å²) in [5.41, 5.74) is -0.281. The zero-order chi connectivity index (χ0) is 25.5. The molecule has 2 aromatic heterocycles. The highest BCUT2D eigenvalue weighted by Gasteiger charge is 2.23. The summed E-state index contributed by atoms with van der Waals surface area (Å²) in [4.78, 5) is 27.3. The van der Waals surface area contributed by atoms with Crippen LogP contribution in [0.2, 0.25) is 0 Å². The molecule has 2 heterocycles. The number of fused-ring (bicyclic) bond motifs is 1. The average molecular weight is 503 g/mol. The molecule has 0 aliphatic rings. The largest absolute Gasteiger partial charge is 0.478 e. The first-order valence-electron chi connectivity index (χ1n) is 10.2. The van der Waals surface area contributed by atoms with Gasteiger partial charge in [-0.1, -0.05) is 0 Å². The van der Waals surface area contributed by atoms with Crippen LogP contribution in [-0.2, 0) is 17.1 Å². The number of anilines is 1. The molecular formula is C23H19F2N3O6S. The summed E-state index contributed by atoms with van der Waals surface area (Å²) in [6.45, 7) is 1.38. The van der Waals surface area contributed by atoms with Crippen molar-refractivity contribution in [2.24, 2.45) is 7.05 Å². The molecule has 4 aromatic rings. The normalized spacial score (nSPS) is 11.5. The van der Waals surface area contributed by atoms with Gasteiger partial charge in [-0.05, 0) is 37.3 Å². The van der Waals surface area contributed by atoms with Gasteiger partial charge in [0.25, 0.3) is 5.56 Å². The number of hydrogen-bond acceptors (Lipinski definition) is 5. The molecule has 9 nitrogen and oxygen atoms in total. The molecule has 3 N–H and O–H groups in total. The topological polar surface area (TPSA) is 130 Å². The van der Waals surface area contributed by atoms with E-state index in [-0.39, 0.29) is 39.6 Å². The quantitative estimate of drug-likeness (QED) is 0.349. The molecule has 0 atom stereocenters. The average Bonchev–Trinajstić information content (AvgIpc) is 3.29. The van der Waals surface area contributed by atoms with Crippen molar-refractivity contribution in [2.45, 2.75) is 6.92 Å². The Morgan fingerprint density at radius 3 is 2.54 bits per heavy atom. The maximum absolute atomic E-state index is 14.4. The van der Waals surface area contributed by atoms with Crippen LogP contribution in [0, 0.1) is 11.6 Å². The highest BCUT2D eigenvalue weighted by Crippen LogP contribution is 2.41. The summed E-state index contributed by atoms with van der Waals surface area (Å²) < 4.78 is 61.4. The van der Waals surface area contributed by atoms with Crippen molar-refractivity contribution in [1.29, 1.82) is 0 Å². The van der Waals surface area contributed by atoms with Crippen LogP contribution in [0.5, 0.6) is 11.5 Å². The predicted octanol–water partition coefficient (Wildman–Crippen LogP) is 4.06. The fourth-order valence-electron chi connectivity index (χ4n) is 3.54. The fraction of sp³-hybridized carbons (Fsp3) is 0.130. The molecule has 0 aliphatic carbocycles. The minimum Gasteiger partial charge on any atom is -0.478 e. The van der Waals surface area contributed by atoms with Crippen molar-refractivity contribution in [3.05, 3.63) is 76.3 Å². The van der Waals surface area contributed by atoms with E-state index in [1.807, 2.05) is 0 Å². The van der Waals surface area contributed by atoms with E-state index in [1.54, 1.807) is 6.07 Å². The zero-order valence-electron chi connectivity index (χ0n) is 18.4. The number of sulfonamides is 1. The van der Waals surface area contributed by atoms with E-state index in [9.17, 15) is 31.9 Å². The lowest BCUT2D eigenvalue weighted by Gasteiger charge is -2.18. The zero-order valence-corrected chi connectivity index (χ0v) is 19.2. The van der Waals surface area contributed by atoms with Crippen LogP contribution in [-0.4, -0.2) is 34.8 Å². The highest BCUT2D eigenvalue weighted by molar-refractivity contribution is 7.92. The highest BCUT2D eigenvalue weighted by atomic mass is 32.2. The number of H-pyrrole nitrogens is 1. The number of aryl methyl sites for hydroxylation is 1. The van der Waals surface area contributed by atoms with Crippen molar-refractivity contribution in [3.63, 3.8) is 0 Å². The molecule has 0 amide bonds.